The minimum Gasteiger partial charge on any atom is -0.543 e. The smallest absolute Gasteiger partial charge is 0.250 e. The Bertz CT molecular complexity index is 912. The van der Waals surface area contributed by atoms with Gasteiger partial charge < -0.3 is 4.43 Å². The molecule has 0 radical (unpaired) electrons. The Kier molecular flexibility index (Phi) is 7.25. The van der Waals surface area contributed by atoms with E-state index in [1.807, 2.05) is 18.2 Å². The van der Waals surface area contributed by atoms with E-state index in [1.165, 1.54) is 5.56 Å². The third-order valence-corrected chi connectivity index (χ3v) is 10.3. The third-order valence-electron chi connectivity index (χ3n) is 5.47. The van der Waals surface area contributed by atoms with Crippen molar-refractivity contribution in [2.45, 2.75) is 65.1 Å². The molecule has 1 nitrogen and oxygen atoms in total. The second-order valence-corrected chi connectivity index (χ2v) is 15.6. The van der Waals surface area contributed by atoms with Crippen LogP contribution in [0.15, 0.2) is 59.1 Å². The lowest BCUT2D eigenvalue weighted by Gasteiger charge is -2.37. The maximum atomic E-state index is 6.61. The lowest BCUT2D eigenvalue weighted by atomic mass is 9.87. The van der Waals surface area contributed by atoms with Gasteiger partial charge in [0.15, 0.2) is 0 Å². The van der Waals surface area contributed by atoms with E-state index < -0.39 is 8.32 Å². The van der Waals surface area contributed by atoms with E-state index >= 15 is 0 Å². The molecule has 0 N–H and O–H groups in total. The van der Waals surface area contributed by atoms with Crippen LogP contribution in [-0.4, -0.2) is 8.32 Å². The van der Waals surface area contributed by atoms with Gasteiger partial charge in [0.05, 0.1) is 0 Å². The van der Waals surface area contributed by atoms with Gasteiger partial charge in [-0.15, -0.1) is 0 Å². The molecule has 2 rings (SSSR count). The summed E-state index contributed by atoms with van der Waals surface area (Å²) in [7, 11) is -1.97. The van der Waals surface area contributed by atoms with Gasteiger partial charge in [-0.1, -0.05) is 93.6 Å². The molecule has 0 saturated carbocycles. The highest BCUT2D eigenvalue weighted by molar-refractivity contribution is 9.10. The molecule has 0 fully saturated rings. The first kappa shape index (κ1) is 23.5. The molecule has 3 heteroatoms. The highest BCUT2D eigenvalue weighted by Crippen LogP contribution is 2.39. The number of hydrogen-bond acceptors (Lipinski definition) is 1. The summed E-state index contributed by atoms with van der Waals surface area (Å²) < 4.78 is 7.67. The van der Waals surface area contributed by atoms with E-state index in [0.717, 1.165) is 21.4 Å². The van der Waals surface area contributed by atoms with E-state index in [4.69, 9.17) is 4.43 Å². The molecule has 0 heterocycles. The third kappa shape index (κ3) is 6.62. The van der Waals surface area contributed by atoms with Gasteiger partial charge in [-0.25, -0.2) is 0 Å². The van der Waals surface area contributed by atoms with Crippen molar-refractivity contribution >= 4 is 30.0 Å². The average molecular weight is 470 g/mol. The van der Waals surface area contributed by atoms with Crippen LogP contribution in [0.5, 0.6) is 0 Å². The Labute approximate surface area is 186 Å². The van der Waals surface area contributed by atoms with Gasteiger partial charge in [0.2, 0.25) is 0 Å². The second kappa shape index (κ2) is 8.94. The monoisotopic (exact) mass is 468 g/mol. The first-order chi connectivity index (χ1) is 13.3. The van der Waals surface area contributed by atoms with Crippen molar-refractivity contribution in [2.24, 2.45) is 0 Å². The molecule has 0 saturated heterocycles. The highest BCUT2D eigenvalue weighted by atomic mass is 79.9. The molecule has 0 atom stereocenters. The minimum absolute atomic E-state index is 0.123. The predicted molar refractivity (Wildman–Crippen MR) is 132 cm³/mol. The van der Waals surface area contributed by atoms with Crippen LogP contribution in [-0.2, 0) is 9.84 Å². The van der Waals surface area contributed by atoms with Gasteiger partial charge in [-0.3, -0.25) is 0 Å². The summed E-state index contributed by atoms with van der Waals surface area (Å²) in [5, 5.41) is 0.123. The summed E-state index contributed by atoms with van der Waals surface area (Å²) in [5.41, 5.74) is 3.53. The van der Waals surface area contributed by atoms with Crippen molar-refractivity contribution in [1.82, 2.24) is 0 Å². The highest BCUT2D eigenvalue weighted by Gasteiger charge is 2.39. The van der Waals surface area contributed by atoms with Gasteiger partial charge in [-0.05, 0) is 53.4 Å². The molecule has 0 unspecified atom stereocenters. The number of benzene rings is 2. The molecule has 2 aromatic rings. The van der Waals surface area contributed by atoms with E-state index in [0.29, 0.717) is 0 Å². The number of halogens is 1. The zero-order valence-corrected chi connectivity index (χ0v) is 21.6. The van der Waals surface area contributed by atoms with Crippen LogP contribution in [0.1, 0.15) is 58.2 Å². The van der Waals surface area contributed by atoms with Crippen LogP contribution >= 0.6 is 15.9 Å². The second-order valence-electron chi connectivity index (χ2n) is 9.97. The lowest BCUT2D eigenvalue weighted by Crippen LogP contribution is -2.40. The summed E-state index contributed by atoms with van der Waals surface area (Å²) >= 11 is 3.51. The van der Waals surface area contributed by atoms with Crippen molar-refractivity contribution in [3.63, 3.8) is 0 Å². The van der Waals surface area contributed by atoms with E-state index in [9.17, 15) is 0 Å². The summed E-state index contributed by atoms with van der Waals surface area (Å²) in [6.45, 7) is 17.9. The average Bonchev–Trinajstić information content (AvgIpc) is 2.60. The summed E-state index contributed by atoms with van der Waals surface area (Å²) in [6, 6.07) is 16.7. The van der Waals surface area contributed by atoms with Gasteiger partial charge in [0, 0.05) is 21.7 Å². The molecule has 0 aliphatic heterocycles. The van der Waals surface area contributed by atoms with Crippen molar-refractivity contribution in [2.75, 3.05) is 0 Å². The summed E-state index contributed by atoms with van der Waals surface area (Å²) in [6.07, 6.45) is 1.92. The van der Waals surface area contributed by atoms with Gasteiger partial charge in [0.1, 0.15) is 5.76 Å². The molecular formula is C26H33BrOSi. The fourth-order valence-corrected chi connectivity index (χ4v) is 3.75. The molecule has 0 aliphatic rings. The number of hydrogen-bond donors (Lipinski definition) is 0. The molecule has 0 aromatic heterocycles. The molecule has 0 amide bonds. The Hall–Kier alpha value is -1.76. The van der Waals surface area contributed by atoms with Gasteiger partial charge in [-0.2, -0.15) is 0 Å². The molecule has 0 bridgehead atoms. The fourth-order valence-electron chi connectivity index (χ4n) is 2.45. The molecule has 154 valence electrons. The van der Waals surface area contributed by atoms with Crippen molar-refractivity contribution in [3.8, 4) is 11.8 Å². The van der Waals surface area contributed by atoms with Gasteiger partial charge in [0.25, 0.3) is 8.32 Å². The molecule has 0 aliphatic carbocycles. The van der Waals surface area contributed by atoms with E-state index in [-0.39, 0.29) is 10.5 Å². The van der Waals surface area contributed by atoms with E-state index in [1.54, 1.807) is 0 Å². The summed E-state index contributed by atoms with van der Waals surface area (Å²) in [4.78, 5) is 0. The Balaban J connectivity index is 2.36. The van der Waals surface area contributed by atoms with Crippen LogP contribution in [0.2, 0.25) is 18.1 Å². The predicted octanol–water partition coefficient (Wildman–Crippen LogP) is 8.16. The molecule has 29 heavy (non-hydrogen) atoms. The largest absolute Gasteiger partial charge is 0.543 e. The Morgan fingerprint density at radius 1 is 0.897 bits per heavy atom. The standard InChI is InChI=1S/C26H33BrOSi/c1-25(2,3)22-16-12-20(13-17-22)10-9-11-24(21-14-18-23(27)19-15-21)28-29(7,8)26(4,5)6/h11-19H,1-8H3/b24-11-. The Morgan fingerprint density at radius 2 is 1.45 bits per heavy atom. The first-order valence-corrected chi connectivity index (χ1v) is 13.8. The Morgan fingerprint density at radius 3 is 1.93 bits per heavy atom. The molecular weight excluding hydrogens is 436 g/mol. The lowest BCUT2D eigenvalue weighted by molar-refractivity contribution is 0.458. The molecule has 2 aromatic carbocycles. The summed E-state index contributed by atoms with van der Waals surface area (Å²) in [5.74, 6) is 7.33. The van der Waals surface area contributed by atoms with Crippen molar-refractivity contribution in [3.05, 3.63) is 75.8 Å². The molecule has 0 spiro atoms. The maximum Gasteiger partial charge on any atom is 0.250 e. The normalized spacial score (nSPS) is 12.9. The number of rotatable bonds is 3. The zero-order valence-electron chi connectivity index (χ0n) is 19.0. The quantitative estimate of drug-likeness (QED) is 0.250. The van der Waals surface area contributed by atoms with E-state index in [2.05, 4.69) is 119 Å². The van der Waals surface area contributed by atoms with Crippen molar-refractivity contribution < 1.29 is 4.43 Å². The van der Waals surface area contributed by atoms with Gasteiger partial charge >= 0.3 is 0 Å². The van der Waals surface area contributed by atoms with Crippen LogP contribution in [0.4, 0.5) is 0 Å². The van der Waals surface area contributed by atoms with Crippen LogP contribution < -0.4 is 0 Å². The van der Waals surface area contributed by atoms with Crippen LogP contribution in [0.25, 0.3) is 5.76 Å². The first-order valence-electron chi connectivity index (χ1n) is 10.1. The topological polar surface area (TPSA) is 9.23 Å². The fraction of sp³-hybridized carbons (Fsp3) is 0.385. The van der Waals surface area contributed by atoms with Crippen molar-refractivity contribution in [1.29, 1.82) is 0 Å². The zero-order chi connectivity index (χ0) is 21.9. The van der Waals surface area contributed by atoms with Crippen LogP contribution in [0.3, 0.4) is 0 Å². The van der Waals surface area contributed by atoms with Crippen LogP contribution in [0, 0.1) is 11.8 Å². The SMILES string of the molecule is CC(C)(C)c1ccc(C#C/C=C(\O[Si](C)(C)C(C)(C)C)c2ccc(Br)cc2)cc1. The minimum atomic E-state index is -1.97. The number of allylic oxidation sites excluding steroid dienone is 1. The maximum absolute atomic E-state index is 6.61.